The van der Waals surface area contributed by atoms with E-state index in [2.05, 4.69) is 20.3 Å². The first-order chi connectivity index (χ1) is 15.9. The Balaban J connectivity index is 1.59. The van der Waals surface area contributed by atoms with Gasteiger partial charge in [-0.1, -0.05) is 6.07 Å². The lowest BCUT2D eigenvalue weighted by Gasteiger charge is -2.39. The fraction of sp³-hybridized carbons (Fsp3) is 0.364. The number of alkyl halides is 3. The number of piperidine rings is 1. The van der Waals surface area contributed by atoms with E-state index in [9.17, 15) is 28.2 Å². The number of carbonyl (C=O) groups is 1. The molecule has 1 aromatic carbocycles. The van der Waals surface area contributed by atoms with Crippen LogP contribution in [0.2, 0.25) is 0 Å². The molecule has 0 saturated carbocycles. The lowest BCUT2D eigenvalue weighted by molar-refractivity contribution is -0.149. The molecule has 3 N–H and O–H groups in total. The van der Waals surface area contributed by atoms with Crippen molar-refractivity contribution in [3.05, 3.63) is 52.9 Å². The number of likely N-dealkylation sites (N-methyl/N-ethyl adjacent to an activating group) is 1. The van der Waals surface area contributed by atoms with E-state index in [4.69, 9.17) is 0 Å². The van der Waals surface area contributed by atoms with Gasteiger partial charge in [0.2, 0.25) is 5.95 Å². The monoisotopic (exact) mass is 493 g/mol. The van der Waals surface area contributed by atoms with Crippen LogP contribution in [0.1, 0.15) is 29.1 Å². The number of anilines is 2. The van der Waals surface area contributed by atoms with Crippen LogP contribution < -0.4 is 5.32 Å². The third-order valence-electron chi connectivity index (χ3n) is 5.69. The number of hydrogen-bond acceptors (Lipinski definition) is 8. The van der Waals surface area contributed by atoms with E-state index in [1.54, 1.807) is 30.3 Å². The zero-order valence-corrected chi connectivity index (χ0v) is 19.1. The fourth-order valence-corrected chi connectivity index (χ4v) is 4.92. The van der Waals surface area contributed by atoms with Crippen LogP contribution in [0.4, 0.5) is 24.8 Å². The van der Waals surface area contributed by atoms with E-state index >= 15 is 0 Å². The topological polar surface area (TPSA) is 111 Å². The predicted molar refractivity (Wildman–Crippen MR) is 120 cm³/mol. The molecule has 0 radical (unpaired) electrons. The largest absolute Gasteiger partial charge is 0.480 e. The second-order valence-corrected chi connectivity index (χ2v) is 9.36. The van der Waals surface area contributed by atoms with Gasteiger partial charge >= 0.3 is 12.1 Å². The SMILES string of the molecule is Cc1cc(Nc2nccc(C(F)(F)F)n2)cc(-c2cnc(C3(O)CCN(C)C(C(=O)O)C3)s2)c1. The van der Waals surface area contributed by atoms with Crippen LogP contribution in [0.3, 0.4) is 0 Å². The maximum absolute atomic E-state index is 13.0. The van der Waals surface area contributed by atoms with Crippen molar-refractivity contribution in [2.45, 2.75) is 37.6 Å². The molecule has 3 heterocycles. The third kappa shape index (κ3) is 5.03. The van der Waals surface area contributed by atoms with Crippen LogP contribution in [0, 0.1) is 6.92 Å². The average Bonchev–Trinajstić information content (AvgIpc) is 3.26. The van der Waals surface area contributed by atoms with Crippen molar-refractivity contribution in [1.82, 2.24) is 19.9 Å². The minimum absolute atomic E-state index is 0.0271. The highest BCUT2D eigenvalue weighted by Crippen LogP contribution is 2.40. The van der Waals surface area contributed by atoms with Gasteiger partial charge in [-0.05, 0) is 49.7 Å². The van der Waals surface area contributed by atoms with E-state index < -0.39 is 29.5 Å². The molecule has 180 valence electrons. The molecule has 2 unspecified atom stereocenters. The summed E-state index contributed by atoms with van der Waals surface area (Å²) in [5, 5.41) is 23.9. The van der Waals surface area contributed by atoms with Crippen molar-refractivity contribution in [1.29, 1.82) is 0 Å². The summed E-state index contributed by atoms with van der Waals surface area (Å²) in [7, 11) is 1.71. The first-order valence-corrected chi connectivity index (χ1v) is 11.2. The molecule has 0 spiro atoms. The number of nitrogens with zero attached hydrogens (tertiary/aromatic N) is 4. The Morgan fingerprint density at radius 2 is 2.06 bits per heavy atom. The van der Waals surface area contributed by atoms with Crippen LogP contribution in [0.15, 0.2) is 36.7 Å². The van der Waals surface area contributed by atoms with Crippen molar-refractivity contribution >= 4 is 28.9 Å². The molecule has 4 rings (SSSR count). The molecule has 8 nitrogen and oxygen atoms in total. The van der Waals surface area contributed by atoms with Gasteiger partial charge in [0, 0.05) is 31.0 Å². The number of aromatic nitrogens is 3. The van der Waals surface area contributed by atoms with E-state index in [1.807, 2.05) is 13.0 Å². The van der Waals surface area contributed by atoms with Crippen LogP contribution in [0.25, 0.3) is 10.4 Å². The number of carboxylic acid groups (broad SMARTS) is 1. The number of aliphatic hydroxyl groups is 1. The summed E-state index contributed by atoms with van der Waals surface area (Å²) in [6.07, 6.45) is -1.56. The lowest BCUT2D eigenvalue weighted by atomic mass is 9.87. The second kappa shape index (κ2) is 8.93. The average molecular weight is 494 g/mol. The molecular formula is C22H22F3N5O3S. The second-order valence-electron chi connectivity index (χ2n) is 8.33. The number of thiazole rings is 1. The molecule has 2 aromatic heterocycles. The summed E-state index contributed by atoms with van der Waals surface area (Å²) in [6.45, 7) is 2.25. The zero-order valence-electron chi connectivity index (χ0n) is 18.3. The summed E-state index contributed by atoms with van der Waals surface area (Å²) in [5.41, 5.74) is -0.324. The molecule has 0 aliphatic carbocycles. The van der Waals surface area contributed by atoms with Gasteiger partial charge in [0.1, 0.15) is 22.3 Å². The first-order valence-electron chi connectivity index (χ1n) is 10.4. The molecule has 1 fully saturated rings. The van der Waals surface area contributed by atoms with E-state index in [0.717, 1.165) is 28.3 Å². The summed E-state index contributed by atoms with van der Waals surface area (Å²) >= 11 is 1.26. The van der Waals surface area contributed by atoms with Crippen molar-refractivity contribution in [2.24, 2.45) is 0 Å². The molecule has 0 amide bonds. The molecule has 12 heteroatoms. The number of halogens is 3. The number of benzene rings is 1. The number of aryl methyl sites for hydroxylation is 1. The Kier molecular flexibility index (Phi) is 6.32. The van der Waals surface area contributed by atoms with Gasteiger partial charge in [-0.2, -0.15) is 13.2 Å². The van der Waals surface area contributed by atoms with Gasteiger partial charge in [0.05, 0.1) is 4.88 Å². The summed E-state index contributed by atoms with van der Waals surface area (Å²) in [5.74, 6) is -1.18. The molecular weight excluding hydrogens is 471 g/mol. The Morgan fingerprint density at radius 1 is 1.29 bits per heavy atom. The number of likely N-dealkylation sites (tertiary alicyclic amines) is 1. The lowest BCUT2D eigenvalue weighted by Crippen LogP contribution is -2.50. The highest BCUT2D eigenvalue weighted by atomic mass is 32.1. The Bertz CT molecular complexity index is 1220. The van der Waals surface area contributed by atoms with E-state index in [-0.39, 0.29) is 12.4 Å². The maximum atomic E-state index is 13.0. The Morgan fingerprint density at radius 3 is 2.76 bits per heavy atom. The predicted octanol–water partition coefficient (Wildman–Crippen LogP) is 4.04. The minimum atomic E-state index is -4.58. The van der Waals surface area contributed by atoms with E-state index in [0.29, 0.717) is 23.7 Å². The van der Waals surface area contributed by atoms with Gasteiger partial charge < -0.3 is 15.5 Å². The van der Waals surface area contributed by atoms with Gasteiger partial charge in [-0.15, -0.1) is 11.3 Å². The molecule has 0 bridgehead atoms. The number of carboxylic acids is 1. The van der Waals surface area contributed by atoms with Gasteiger partial charge in [-0.3, -0.25) is 9.69 Å². The molecule has 1 saturated heterocycles. The highest BCUT2D eigenvalue weighted by molar-refractivity contribution is 7.15. The molecule has 34 heavy (non-hydrogen) atoms. The summed E-state index contributed by atoms with van der Waals surface area (Å²) in [6, 6.07) is 5.35. The van der Waals surface area contributed by atoms with Crippen molar-refractivity contribution in [3.8, 4) is 10.4 Å². The number of nitrogens with one attached hydrogen (secondary N) is 1. The number of aliphatic carboxylic acids is 1. The minimum Gasteiger partial charge on any atom is -0.480 e. The fourth-order valence-electron chi connectivity index (χ4n) is 3.89. The van der Waals surface area contributed by atoms with Gasteiger partial charge in [0.25, 0.3) is 0 Å². The molecule has 1 aliphatic rings. The number of rotatable bonds is 5. The van der Waals surface area contributed by atoms with Crippen molar-refractivity contribution < 1.29 is 28.2 Å². The van der Waals surface area contributed by atoms with Crippen LogP contribution in [0.5, 0.6) is 0 Å². The third-order valence-corrected chi connectivity index (χ3v) is 6.93. The van der Waals surface area contributed by atoms with Crippen molar-refractivity contribution in [3.63, 3.8) is 0 Å². The quantitative estimate of drug-likeness (QED) is 0.489. The number of hydrogen-bond donors (Lipinski definition) is 3. The maximum Gasteiger partial charge on any atom is 0.433 e. The van der Waals surface area contributed by atoms with Crippen LogP contribution in [-0.2, 0) is 16.6 Å². The van der Waals surface area contributed by atoms with Crippen LogP contribution in [-0.4, -0.2) is 55.7 Å². The molecule has 3 aromatic rings. The summed E-state index contributed by atoms with van der Waals surface area (Å²) < 4.78 is 38.9. The normalized spacial score (nSPS) is 21.4. The van der Waals surface area contributed by atoms with Gasteiger partial charge in [-0.25, -0.2) is 15.0 Å². The standard InChI is InChI=1S/C22H22F3N5O3S/c1-12-7-13(9-14(8-12)28-20-26-5-3-17(29-20)22(23,24)25)16-11-27-19(34-16)21(33)4-6-30(2)15(10-21)18(31)32/h3,5,7-9,11,15,33H,4,6,10H2,1-2H3,(H,31,32)(H,26,28,29). The van der Waals surface area contributed by atoms with Crippen molar-refractivity contribution in [2.75, 3.05) is 18.9 Å². The zero-order chi connectivity index (χ0) is 24.7. The molecule has 1 aliphatic heterocycles. The van der Waals surface area contributed by atoms with E-state index in [1.165, 1.54) is 11.3 Å². The van der Waals surface area contributed by atoms with Gasteiger partial charge in [0.15, 0.2) is 0 Å². The highest BCUT2D eigenvalue weighted by Gasteiger charge is 2.43. The smallest absolute Gasteiger partial charge is 0.433 e. The Labute approximate surface area is 197 Å². The first kappa shape index (κ1) is 24.0. The van der Waals surface area contributed by atoms with Crippen LogP contribution >= 0.6 is 11.3 Å². The molecule has 2 atom stereocenters. The Hall–Kier alpha value is -3.09. The summed E-state index contributed by atoms with van der Waals surface area (Å²) in [4.78, 5) is 25.8.